The summed E-state index contributed by atoms with van der Waals surface area (Å²) < 4.78 is 10.7. The van der Waals surface area contributed by atoms with Crippen molar-refractivity contribution in [3.63, 3.8) is 0 Å². The van der Waals surface area contributed by atoms with E-state index < -0.39 is 12.1 Å². The number of rotatable bonds is 6. The number of carbonyl (C=O) groups is 1. The number of carbonyl (C=O) groups excluding carboxylic acids is 1. The van der Waals surface area contributed by atoms with Crippen LogP contribution in [0.5, 0.6) is 0 Å². The molecule has 0 spiro atoms. The van der Waals surface area contributed by atoms with E-state index in [1.807, 2.05) is 42.5 Å². The zero-order chi connectivity index (χ0) is 16.9. The highest BCUT2D eigenvalue weighted by Gasteiger charge is 2.16. The Labute approximate surface area is 140 Å². The third-order valence-electron chi connectivity index (χ3n) is 3.83. The largest absolute Gasteiger partial charge is 0.457 e. The first kappa shape index (κ1) is 16.1. The Hall–Kier alpha value is -2.72. The van der Waals surface area contributed by atoms with Crippen LogP contribution in [0.1, 0.15) is 12.6 Å². The highest BCUT2D eigenvalue weighted by atomic mass is 16.6. The SMILES string of the molecule is C=CCOC(C)C(=O)OCc1nc2ccccc2c2ccccc12. The van der Waals surface area contributed by atoms with Gasteiger partial charge in [0.2, 0.25) is 0 Å². The van der Waals surface area contributed by atoms with Crippen molar-refractivity contribution in [1.29, 1.82) is 0 Å². The lowest BCUT2D eigenvalue weighted by atomic mass is 10.0. The van der Waals surface area contributed by atoms with E-state index in [0.717, 1.165) is 27.4 Å². The maximum absolute atomic E-state index is 12.0. The molecule has 0 N–H and O–H groups in total. The highest BCUT2D eigenvalue weighted by Crippen LogP contribution is 2.26. The van der Waals surface area contributed by atoms with Crippen LogP contribution in [0, 0.1) is 0 Å². The second kappa shape index (κ2) is 7.23. The molecule has 24 heavy (non-hydrogen) atoms. The van der Waals surface area contributed by atoms with E-state index in [-0.39, 0.29) is 6.61 Å². The van der Waals surface area contributed by atoms with Gasteiger partial charge in [-0.05, 0) is 18.4 Å². The average molecular weight is 321 g/mol. The molecule has 122 valence electrons. The molecule has 0 aliphatic heterocycles. The number of para-hydroxylation sites is 1. The minimum Gasteiger partial charge on any atom is -0.457 e. The normalized spacial score (nSPS) is 12.2. The molecule has 1 heterocycles. The van der Waals surface area contributed by atoms with Crippen molar-refractivity contribution in [2.24, 2.45) is 0 Å². The van der Waals surface area contributed by atoms with Crippen LogP contribution in [0.25, 0.3) is 21.7 Å². The van der Waals surface area contributed by atoms with Crippen molar-refractivity contribution in [1.82, 2.24) is 4.98 Å². The molecule has 1 aromatic heterocycles. The molecule has 1 unspecified atom stereocenters. The van der Waals surface area contributed by atoms with Crippen molar-refractivity contribution in [2.75, 3.05) is 6.61 Å². The predicted molar refractivity (Wildman–Crippen MR) is 94.7 cm³/mol. The van der Waals surface area contributed by atoms with Gasteiger partial charge in [0.05, 0.1) is 17.8 Å². The Bertz CT molecular complexity index is 888. The number of esters is 1. The fourth-order valence-electron chi connectivity index (χ4n) is 2.62. The predicted octanol–water partition coefficient (Wildman–Crippen LogP) is 4.02. The summed E-state index contributed by atoms with van der Waals surface area (Å²) in [6, 6.07) is 16.0. The number of hydrogen-bond donors (Lipinski definition) is 0. The molecule has 2 aromatic carbocycles. The minimum atomic E-state index is -0.630. The van der Waals surface area contributed by atoms with Crippen LogP contribution in [0.4, 0.5) is 0 Å². The smallest absolute Gasteiger partial charge is 0.335 e. The van der Waals surface area contributed by atoms with Gasteiger partial charge in [-0.15, -0.1) is 6.58 Å². The number of pyridine rings is 1. The zero-order valence-electron chi connectivity index (χ0n) is 13.6. The lowest BCUT2D eigenvalue weighted by Gasteiger charge is -2.13. The summed E-state index contributed by atoms with van der Waals surface area (Å²) in [5.74, 6) is -0.407. The second-order valence-corrected chi connectivity index (χ2v) is 5.49. The molecule has 0 radical (unpaired) electrons. The Morgan fingerprint density at radius 2 is 1.79 bits per heavy atom. The van der Waals surface area contributed by atoms with Gasteiger partial charge >= 0.3 is 5.97 Å². The molecule has 1 atom stereocenters. The zero-order valence-corrected chi connectivity index (χ0v) is 13.6. The van der Waals surface area contributed by atoms with Crippen LogP contribution < -0.4 is 0 Å². The maximum Gasteiger partial charge on any atom is 0.335 e. The first-order chi connectivity index (χ1) is 11.7. The lowest BCUT2D eigenvalue weighted by molar-refractivity contribution is -0.156. The topological polar surface area (TPSA) is 48.4 Å². The van der Waals surface area contributed by atoms with Gasteiger partial charge in [-0.2, -0.15) is 0 Å². The van der Waals surface area contributed by atoms with Crippen molar-refractivity contribution in [3.8, 4) is 0 Å². The van der Waals surface area contributed by atoms with E-state index in [0.29, 0.717) is 6.61 Å². The van der Waals surface area contributed by atoms with Crippen molar-refractivity contribution < 1.29 is 14.3 Å². The van der Waals surface area contributed by atoms with Gasteiger partial charge < -0.3 is 9.47 Å². The number of ether oxygens (including phenoxy) is 2. The molecule has 3 aromatic rings. The van der Waals surface area contributed by atoms with Gasteiger partial charge in [0.15, 0.2) is 6.10 Å². The average Bonchev–Trinajstić information content (AvgIpc) is 2.63. The molecule has 0 fully saturated rings. The quantitative estimate of drug-likeness (QED) is 0.391. The Morgan fingerprint density at radius 3 is 2.54 bits per heavy atom. The first-order valence-electron chi connectivity index (χ1n) is 7.86. The van der Waals surface area contributed by atoms with Gasteiger partial charge in [0.25, 0.3) is 0 Å². The summed E-state index contributed by atoms with van der Waals surface area (Å²) >= 11 is 0. The van der Waals surface area contributed by atoms with E-state index in [9.17, 15) is 4.79 Å². The molecule has 0 aliphatic rings. The third kappa shape index (κ3) is 3.29. The molecular weight excluding hydrogens is 302 g/mol. The Kier molecular flexibility index (Phi) is 4.87. The number of aromatic nitrogens is 1. The van der Waals surface area contributed by atoms with Crippen molar-refractivity contribution in [3.05, 3.63) is 66.9 Å². The molecule has 0 amide bonds. The summed E-state index contributed by atoms with van der Waals surface area (Å²) in [5.41, 5.74) is 1.63. The van der Waals surface area contributed by atoms with E-state index >= 15 is 0 Å². The summed E-state index contributed by atoms with van der Waals surface area (Å²) in [4.78, 5) is 16.7. The Balaban J connectivity index is 1.88. The molecule has 0 aliphatic carbocycles. The second-order valence-electron chi connectivity index (χ2n) is 5.49. The number of hydrogen-bond acceptors (Lipinski definition) is 4. The number of benzene rings is 2. The van der Waals surface area contributed by atoms with Crippen LogP contribution in [-0.2, 0) is 20.9 Å². The summed E-state index contributed by atoms with van der Waals surface area (Å²) in [7, 11) is 0. The van der Waals surface area contributed by atoms with Gasteiger partial charge in [-0.25, -0.2) is 9.78 Å². The molecule has 0 saturated heterocycles. The maximum atomic E-state index is 12.0. The van der Waals surface area contributed by atoms with Gasteiger partial charge in [0, 0.05) is 10.8 Å². The Morgan fingerprint density at radius 1 is 1.12 bits per heavy atom. The summed E-state index contributed by atoms with van der Waals surface area (Å²) in [5, 5.41) is 3.18. The highest BCUT2D eigenvalue weighted by molar-refractivity contribution is 6.06. The molecule has 4 heteroatoms. The molecule has 0 bridgehead atoms. The van der Waals surface area contributed by atoms with Crippen LogP contribution in [0.15, 0.2) is 61.2 Å². The fraction of sp³-hybridized carbons (Fsp3) is 0.200. The number of fused-ring (bicyclic) bond motifs is 3. The van der Waals surface area contributed by atoms with Crippen LogP contribution in [0.2, 0.25) is 0 Å². The monoisotopic (exact) mass is 321 g/mol. The van der Waals surface area contributed by atoms with E-state index in [1.165, 1.54) is 0 Å². The molecule has 4 nitrogen and oxygen atoms in total. The molecule has 0 saturated carbocycles. The van der Waals surface area contributed by atoms with E-state index in [4.69, 9.17) is 9.47 Å². The van der Waals surface area contributed by atoms with Gasteiger partial charge in [-0.3, -0.25) is 0 Å². The van der Waals surface area contributed by atoms with E-state index in [1.54, 1.807) is 13.0 Å². The van der Waals surface area contributed by atoms with Crippen molar-refractivity contribution >= 4 is 27.6 Å². The van der Waals surface area contributed by atoms with Crippen LogP contribution in [0.3, 0.4) is 0 Å². The van der Waals surface area contributed by atoms with Crippen molar-refractivity contribution in [2.45, 2.75) is 19.6 Å². The van der Waals surface area contributed by atoms with Gasteiger partial charge in [-0.1, -0.05) is 48.5 Å². The van der Waals surface area contributed by atoms with Gasteiger partial charge in [0.1, 0.15) is 6.61 Å². The standard InChI is InChI=1S/C20H19NO3/c1-3-12-23-14(2)20(22)24-13-19-17-10-5-4-8-15(17)16-9-6-7-11-18(16)21-19/h3-11,14H,1,12-13H2,2H3. The molecule has 3 rings (SSSR count). The number of nitrogens with zero attached hydrogens (tertiary/aromatic N) is 1. The molecular formula is C20H19NO3. The van der Waals surface area contributed by atoms with E-state index in [2.05, 4.69) is 17.6 Å². The fourth-order valence-corrected chi connectivity index (χ4v) is 2.62. The minimum absolute atomic E-state index is 0.117. The van der Waals surface area contributed by atoms with Crippen LogP contribution >= 0.6 is 0 Å². The summed E-state index contributed by atoms with van der Waals surface area (Å²) in [6.45, 7) is 5.66. The lowest BCUT2D eigenvalue weighted by Crippen LogP contribution is -2.23. The first-order valence-corrected chi connectivity index (χ1v) is 7.86. The van der Waals surface area contributed by atoms with Crippen LogP contribution in [-0.4, -0.2) is 23.7 Å². The summed E-state index contributed by atoms with van der Waals surface area (Å²) in [6.07, 6.45) is 0.969. The third-order valence-corrected chi connectivity index (χ3v) is 3.83.